The molecule has 4 rings (SSSR count). The predicted molar refractivity (Wildman–Crippen MR) is 117 cm³/mol. The zero-order chi connectivity index (χ0) is 21.8. The molecule has 1 saturated heterocycles. The SMILES string of the molecule is CCCc1ccc2c(c1)OCN(CCOC1C(=O)SC(=O)N1Cc1ccccc1)C2=O. The van der Waals surface area contributed by atoms with E-state index in [-0.39, 0.29) is 36.1 Å². The zero-order valence-corrected chi connectivity index (χ0v) is 18.1. The summed E-state index contributed by atoms with van der Waals surface area (Å²) in [6.45, 7) is 2.91. The number of benzene rings is 2. The summed E-state index contributed by atoms with van der Waals surface area (Å²) in [6, 6.07) is 15.1. The minimum Gasteiger partial charge on any atom is -0.472 e. The molecule has 0 bridgehead atoms. The van der Waals surface area contributed by atoms with Crippen molar-refractivity contribution in [3.63, 3.8) is 0 Å². The molecule has 0 N–H and O–H groups in total. The van der Waals surface area contributed by atoms with Gasteiger partial charge in [0, 0.05) is 24.9 Å². The highest BCUT2D eigenvalue weighted by molar-refractivity contribution is 8.26. The van der Waals surface area contributed by atoms with Gasteiger partial charge in [-0.2, -0.15) is 0 Å². The fraction of sp³-hybridized carbons (Fsp3) is 0.348. The van der Waals surface area contributed by atoms with Gasteiger partial charge in [0.05, 0.1) is 12.2 Å². The van der Waals surface area contributed by atoms with E-state index in [4.69, 9.17) is 9.47 Å². The number of carbonyl (C=O) groups is 3. The second kappa shape index (κ2) is 9.53. The average Bonchev–Trinajstić information content (AvgIpc) is 3.03. The Hall–Kier alpha value is -2.84. The van der Waals surface area contributed by atoms with Crippen LogP contribution in [0, 0.1) is 0 Å². The lowest BCUT2D eigenvalue weighted by Crippen LogP contribution is -2.43. The van der Waals surface area contributed by atoms with E-state index >= 15 is 0 Å². The lowest BCUT2D eigenvalue weighted by Gasteiger charge is -2.30. The molecular weight excluding hydrogens is 416 g/mol. The van der Waals surface area contributed by atoms with Crippen LogP contribution in [0.1, 0.15) is 34.8 Å². The van der Waals surface area contributed by atoms with E-state index in [2.05, 4.69) is 6.92 Å². The van der Waals surface area contributed by atoms with Crippen LogP contribution in [0.2, 0.25) is 0 Å². The summed E-state index contributed by atoms with van der Waals surface area (Å²) in [7, 11) is 0. The smallest absolute Gasteiger partial charge is 0.292 e. The second-order valence-corrected chi connectivity index (χ2v) is 8.40. The van der Waals surface area contributed by atoms with Crippen LogP contribution >= 0.6 is 11.8 Å². The molecule has 0 aromatic heterocycles. The number of hydrogen-bond acceptors (Lipinski definition) is 6. The third-order valence-electron chi connectivity index (χ3n) is 5.22. The monoisotopic (exact) mass is 440 g/mol. The fourth-order valence-corrected chi connectivity index (χ4v) is 4.37. The highest BCUT2D eigenvalue weighted by Gasteiger charge is 2.40. The Morgan fingerprint density at radius 3 is 2.68 bits per heavy atom. The van der Waals surface area contributed by atoms with Crippen molar-refractivity contribution in [1.29, 1.82) is 0 Å². The second-order valence-electron chi connectivity index (χ2n) is 7.45. The van der Waals surface area contributed by atoms with Crippen molar-refractivity contribution >= 4 is 28.0 Å². The maximum absolute atomic E-state index is 12.8. The van der Waals surface area contributed by atoms with Crippen molar-refractivity contribution in [2.24, 2.45) is 0 Å². The normalized spacial score (nSPS) is 18.4. The van der Waals surface area contributed by atoms with Crippen LogP contribution in [-0.2, 0) is 22.5 Å². The number of thioether (sulfide) groups is 1. The van der Waals surface area contributed by atoms with Crippen molar-refractivity contribution in [1.82, 2.24) is 9.80 Å². The summed E-state index contributed by atoms with van der Waals surface area (Å²) < 4.78 is 11.5. The van der Waals surface area contributed by atoms with Gasteiger partial charge in [-0.1, -0.05) is 49.7 Å². The van der Waals surface area contributed by atoms with E-state index in [1.807, 2.05) is 42.5 Å². The molecule has 1 fully saturated rings. The Bertz CT molecular complexity index is 981. The molecule has 2 aromatic carbocycles. The van der Waals surface area contributed by atoms with Gasteiger partial charge in [-0.15, -0.1) is 0 Å². The molecule has 0 aliphatic carbocycles. The van der Waals surface area contributed by atoms with Crippen LogP contribution in [0.5, 0.6) is 5.75 Å². The van der Waals surface area contributed by atoms with Crippen LogP contribution < -0.4 is 4.74 Å². The number of carbonyl (C=O) groups excluding carboxylic acids is 3. The van der Waals surface area contributed by atoms with Gasteiger partial charge in [0.15, 0.2) is 6.73 Å². The van der Waals surface area contributed by atoms with Gasteiger partial charge in [-0.05, 0) is 29.7 Å². The van der Waals surface area contributed by atoms with Crippen LogP contribution in [0.25, 0.3) is 0 Å². The zero-order valence-electron chi connectivity index (χ0n) is 17.3. The molecule has 162 valence electrons. The molecule has 2 aromatic rings. The minimum absolute atomic E-state index is 0.119. The number of aryl methyl sites for hydroxylation is 1. The number of nitrogens with zero attached hydrogens (tertiary/aromatic N) is 2. The van der Waals surface area contributed by atoms with E-state index in [1.165, 1.54) is 9.80 Å². The average molecular weight is 441 g/mol. The lowest BCUT2D eigenvalue weighted by molar-refractivity contribution is -0.130. The van der Waals surface area contributed by atoms with Crippen LogP contribution in [0.3, 0.4) is 0 Å². The van der Waals surface area contributed by atoms with Gasteiger partial charge in [-0.3, -0.25) is 19.3 Å². The van der Waals surface area contributed by atoms with Gasteiger partial charge in [0.1, 0.15) is 5.75 Å². The molecule has 31 heavy (non-hydrogen) atoms. The predicted octanol–water partition coefficient (Wildman–Crippen LogP) is 3.67. The summed E-state index contributed by atoms with van der Waals surface area (Å²) in [6.07, 6.45) is 1.01. The molecule has 1 unspecified atom stereocenters. The lowest BCUT2D eigenvalue weighted by atomic mass is 10.1. The largest absolute Gasteiger partial charge is 0.472 e. The molecule has 0 spiro atoms. The number of fused-ring (bicyclic) bond motifs is 1. The number of amides is 2. The van der Waals surface area contributed by atoms with Crippen molar-refractivity contribution < 1.29 is 23.9 Å². The first-order valence-electron chi connectivity index (χ1n) is 10.3. The Kier molecular flexibility index (Phi) is 6.58. The molecule has 2 heterocycles. The van der Waals surface area contributed by atoms with E-state index in [9.17, 15) is 14.4 Å². The van der Waals surface area contributed by atoms with Crippen molar-refractivity contribution in [3.05, 3.63) is 65.2 Å². The van der Waals surface area contributed by atoms with Gasteiger partial charge in [0.2, 0.25) is 11.3 Å². The molecule has 0 saturated carbocycles. The quantitative estimate of drug-likeness (QED) is 0.624. The molecule has 8 heteroatoms. The van der Waals surface area contributed by atoms with Crippen LogP contribution in [-0.4, -0.2) is 52.2 Å². The Morgan fingerprint density at radius 1 is 1.10 bits per heavy atom. The van der Waals surface area contributed by atoms with E-state index in [0.717, 1.165) is 24.0 Å². The Morgan fingerprint density at radius 2 is 1.90 bits per heavy atom. The fourth-order valence-electron chi connectivity index (χ4n) is 3.63. The maximum Gasteiger partial charge on any atom is 0.292 e. The molecule has 1 atom stereocenters. The van der Waals surface area contributed by atoms with E-state index in [0.29, 0.717) is 29.6 Å². The first-order chi connectivity index (χ1) is 15.1. The summed E-state index contributed by atoms with van der Waals surface area (Å²) >= 11 is 0.656. The number of rotatable bonds is 8. The topological polar surface area (TPSA) is 76.2 Å². The summed E-state index contributed by atoms with van der Waals surface area (Å²) in [4.78, 5) is 40.2. The molecule has 2 aliphatic rings. The first kappa shape index (κ1) is 21.4. The van der Waals surface area contributed by atoms with E-state index in [1.54, 1.807) is 6.07 Å². The van der Waals surface area contributed by atoms with Gasteiger partial charge in [-0.25, -0.2) is 0 Å². The Labute approximate surface area is 185 Å². The molecule has 2 aliphatic heterocycles. The Balaban J connectivity index is 1.35. The highest BCUT2D eigenvalue weighted by atomic mass is 32.2. The number of ether oxygens (including phenoxy) is 2. The van der Waals surface area contributed by atoms with E-state index < -0.39 is 6.23 Å². The maximum atomic E-state index is 12.8. The van der Waals surface area contributed by atoms with Crippen LogP contribution in [0.15, 0.2) is 48.5 Å². The van der Waals surface area contributed by atoms with Gasteiger partial charge >= 0.3 is 0 Å². The molecule has 7 nitrogen and oxygen atoms in total. The summed E-state index contributed by atoms with van der Waals surface area (Å²) in [5, 5.41) is -0.663. The van der Waals surface area contributed by atoms with Crippen molar-refractivity contribution in [2.45, 2.75) is 32.5 Å². The first-order valence-corrected chi connectivity index (χ1v) is 11.1. The highest BCUT2D eigenvalue weighted by Crippen LogP contribution is 2.29. The molecule has 2 amide bonds. The van der Waals surface area contributed by atoms with Crippen molar-refractivity contribution in [3.8, 4) is 5.75 Å². The summed E-state index contributed by atoms with van der Waals surface area (Å²) in [5.74, 6) is 0.479. The summed E-state index contributed by atoms with van der Waals surface area (Å²) in [5.41, 5.74) is 2.59. The number of hydrogen-bond donors (Lipinski definition) is 0. The third-order valence-corrected chi connectivity index (χ3v) is 6.03. The minimum atomic E-state index is -0.956. The van der Waals surface area contributed by atoms with Crippen molar-refractivity contribution in [2.75, 3.05) is 19.9 Å². The van der Waals surface area contributed by atoms with Crippen LogP contribution in [0.4, 0.5) is 4.79 Å². The van der Waals surface area contributed by atoms with Gasteiger partial charge < -0.3 is 14.4 Å². The van der Waals surface area contributed by atoms with Gasteiger partial charge in [0.25, 0.3) is 11.1 Å². The third kappa shape index (κ3) is 4.75. The standard InChI is InChI=1S/C23H24N2O5S/c1-2-6-16-9-10-18-19(13-16)30-15-24(20(18)26)11-12-29-21-22(27)31-23(28)25(21)14-17-7-4-3-5-8-17/h3-5,7-10,13,21H,2,6,11-12,14-15H2,1H3. The molecule has 0 radical (unpaired) electrons. The molecular formula is C23H24N2O5S.